The molecule has 10 aromatic rings. The summed E-state index contributed by atoms with van der Waals surface area (Å²) in [5.74, 6) is 0. The lowest BCUT2D eigenvalue weighted by Gasteiger charge is -2.45. The molecule has 3 nitrogen and oxygen atoms in total. The first kappa shape index (κ1) is 37.6. The third-order valence-electron chi connectivity index (χ3n) is 13.7. The highest BCUT2D eigenvalue weighted by Gasteiger charge is 2.44. The van der Waals surface area contributed by atoms with Gasteiger partial charge < -0.3 is 9.80 Å². The number of rotatable bonds is 3. The first-order valence-electron chi connectivity index (χ1n) is 22.3. The van der Waals surface area contributed by atoms with Crippen LogP contribution in [0.2, 0.25) is 0 Å². The van der Waals surface area contributed by atoms with Crippen LogP contribution in [0.25, 0.3) is 54.2 Å². The smallest absolute Gasteiger partial charge is 0.252 e. The molecule has 1 aromatic heterocycles. The summed E-state index contributed by atoms with van der Waals surface area (Å²) in [5.41, 5.74) is 16.0. The molecule has 3 heterocycles. The lowest BCUT2D eigenvalue weighted by atomic mass is 9.33. The van der Waals surface area contributed by atoms with Gasteiger partial charge in [0, 0.05) is 46.5 Å². The first-order chi connectivity index (χ1) is 30.5. The van der Waals surface area contributed by atoms with Gasteiger partial charge in [0.1, 0.15) is 0 Å². The van der Waals surface area contributed by atoms with Gasteiger partial charge in [-0.2, -0.15) is 0 Å². The molecular weight excluding hydrogens is 761 g/mol. The molecule has 2 aliphatic heterocycles. The summed E-state index contributed by atoms with van der Waals surface area (Å²) in [7, 11) is 0. The van der Waals surface area contributed by atoms with E-state index in [0.717, 1.165) is 22.5 Å². The van der Waals surface area contributed by atoms with Crippen molar-refractivity contribution in [2.45, 2.75) is 52.4 Å². The Balaban J connectivity index is 1.22. The largest absolute Gasteiger partial charge is 0.311 e. The summed E-state index contributed by atoms with van der Waals surface area (Å²) in [6, 6.07) is 64.7. The molecule has 0 saturated heterocycles. The Morgan fingerprint density at radius 2 is 0.746 bits per heavy atom. The van der Waals surface area contributed by atoms with Crippen molar-refractivity contribution in [3.05, 3.63) is 193 Å². The fourth-order valence-corrected chi connectivity index (χ4v) is 10.4. The Bertz CT molecular complexity index is 3260. The monoisotopic (exact) mass is 809 g/mol. The topological polar surface area (TPSA) is 19.4 Å². The van der Waals surface area contributed by atoms with E-state index >= 15 is 0 Å². The lowest BCUT2D eigenvalue weighted by Crippen LogP contribution is -2.61. The quantitative estimate of drug-likeness (QED) is 0.131. The highest BCUT2D eigenvalue weighted by molar-refractivity contribution is 7.00. The first-order valence-corrected chi connectivity index (χ1v) is 22.3. The van der Waals surface area contributed by atoms with E-state index in [-0.39, 0.29) is 17.5 Å². The van der Waals surface area contributed by atoms with Gasteiger partial charge in [0.2, 0.25) is 0 Å². The van der Waals surface area contributed by atoms with Gasteiger partial charge in [-0.15, -0.1) is 0 Å². The predicted octanol–water partition coefficient (Wildman–Crippen LogP) is 14.0. The van der Waals surface area contributed by atoms with Crippen LogP contribution < -0.4 is 26.2 Å². The average molecular weight is 810 g/mol. The molecular formula is C59H48BN3. The van der Waals surface area contributed by atoms with Gasteiger partial charge in [0.25, 0.3) is 6.71 Å². The average Bonchev–Trinajstić information content (AvgIpc) is 3.28. The number of nitrogens with zero attached hydrogens (tertiary/aromatic N) is 3. The van der Waals surface area contributed by atoms with Crippen LogP contribution >= 0.6 is 0 Å². The summed E-state index contributed by atoms with van der Waals surface area (Å²) in [6.45, 7) is 13.7. The zero-order valence-corrected chi connectivity index (χ0v) is 36.7. The minimum atomic E-state index is -0.0339. The van der Waals surface area contributed by atoms with Crippen LogP contribution in [0, 0.1) is 0 Å². The molecule has 63 heavy (non-hydrogen) atoms. The van der Waals surface area contributed by atoms with Crippen LogP contribution in [0.4, 0.5) is 34.1 Å². The number of benzene rings is 9. The van der Waals surface area contributed by atoms with E-state index in [4.69, 9.17) is 0 Å². The number of hydrogen-bond acceptors (Lipinski definition) is 3. The van der Waals surface area contributed by atoms with E-state index in [9.17, 15) is 0 Å². The van der Waals surface area contributed by atoms with Crippen LogP contribution in [-0.2, 0) is 10.8 Å². The molecule has 0 atom stereocenters. The summed E-state index contributed by atoms with van der Waals surface area (Å²) in [6.07, 6.45) is 3.82. The molecule has 0 fully saturated rings. The van der Waals surface area contributed by atoms with E-state index in [2.05, 4.69) is 226 Å². The summed E-state index contributed by atoms with van der Waals surface area (Å²) < 4.78 is 0. The zero-order chi connectivity index (χ0) is 42.8. The van der Waals surface area contributed by atoms with Crippen LogP contribution in [0.3, 0.4) is 0 Å². The van der Waals surface area contributed by atoms with Gasteiger partial charge in [0.15, 0.2) is 0 Å². The maximum absolute atomic E-state index is 4.44. The standard InChI is InChI=1S/C59H48BN3/c1-58(2,3)47-15-19-49(20-16-47)62-53-33-44-29-40-13-9-7-11-38(40)27-42(44)31-51(53)60-52-32-43-28-39-12-8-10-14-41(39)30-45(43)34-54(52)63(50-21-17-48(18-22-50)59(4,5)6)56-36-46(35-55(62)57(56)60)37-23-25-61-26-24-37/h7-36H,1-6H3. The minimum absolute atomic E-state index is 0.0297. The van der Waals surface area contributed by atoms with Gasteiger partial charge in [0.05, 0.1) is 0 Å². The number of aromatic nitrogens is 1. The van der Waals surface area contributed by atoms with Crippen molar-refractivity contribution in [3.8, 4) is 11.1 Å². The molecule has 9 aromatic carbocycles. The van der Waals surface area contributed by atoms with Crippen LogP contribution in [0.1, 0.15) is 52.7 Å². The van der Waals surface area contributed by atoms with E-state index < -0.39 is 0 Å². The third kappa shape index (κ3) is 6.07. The van der Waals surface area contributed by atoms with Crippen molar-refractivity contribution in [3.63, 3.8) is 0 Å². The van der Waals surface area contributed by atoms with Crippen molar-refractivity contribution in [2.24, 2.45) is 0 Å². The Morgan fingerprint density at radius 3 is 1.13 bits per heavy atom. The van der Waals surface area contributed by atoms with E-state index in [1.54, 1.807) is 0 Å². The maximum Gasteiger partial charge on any atom is 0.252 e. The molecule has 0 saturated carbocycles. The van der Waals surface area contributed by atoms with E-state index in [1.165, 1.54) is 93.4 Å². The Hall–Kier alpha value is -7.17. The fourth-order valence-electron chi connectivity index (χ4n) is 10.4. The van der Waals surface area contributed by atoms with E-state index in [1.807, 2.05) is 12.4 Å². The van der Waals surface area contributed by atoms with Gasteiger partial charge in [-0.25, -0.2) is 0 Å². The van der Waals surface area contributed by atoms with Crippen LogP contribution in [0.5, 0.6) is 0 Å². The molecule has 4 heteroatoms. The van der Waals surface area contributed by atoms with E-state index in [0.29, 0.717) is 0 Å². The number of pyridine rings is 1. The van der Waals surface area contributed by atoms with Gasteiger partial charge >= 0.3 is 0 Å². The summed E-state index contributed by atoms with van der Waals surface area (Å²) in [5, 5.41) is 9.98. The van der Waals surface area contributed by atoms with Crippen LogP contribution in [-0.4, -0.2) is 11.7 Å². The van der Waals surface area contributed by atoms with Crippen molar-refractivity contribution in [1.29, 1.82) is 0 Å². The molecule has 0 aliphatic carbocycles. The molecule has 0 unspecified atom stereocenters. The maximum atomic E-state index is 4.44. The zero-order valence-electron chi connectivity index (χ0n) is 36.7. The number of fused-ring (bicyclic) bond motifs is 8. The SMILES string of the molecule is CC(C)(C)c1ccc(N2c3cc4cc5ccccc5cc4cc3B3c4cc5cc6ccccc6cc5cc4N(c4ccc(C(C)(C)C)cc4)c4cc(-c5ccncc5)cc2c43)cc1. The Labute approximate surface area is 370 Å². The van der Waals surface area contributed by atoms with Crippen molar-refractivity contribution < 1.29 is 0 Å². The highest BCUT2D eigenvalue weighted by Crippen LogP contribution is 2.48. The van der Waals surface area contributed by atoms with Crippen LogP contribution in [0.15, 0.2) is 182 Å². The number of hydrogen-bond donors (Lipinski definition) is 0. The van der Waals surface area contributed by atoms with Gasteiger partial charge in [-0.1, -0.05) is 126 Å². The molecule has 302 valence electrons. The fraction of sp³-hybridized carbons (Fsp3) is 0.136. The second-order valence-corrected chi connectivity index (χ2v) is 19.8. The molecule has 0 amide bonds. The third-order valence-corrected chi connectivity index (χ3v) is 13.7. The molecule has 2 aliphatic rings. The van der Waals surface area contributed by atoms with Gasteiger partial charge in [-0.05, 0) is 177 Å². The minimum Gasteiger partial charge on any atom is -0.311 e. The normalized spacial score (nSPS) is 13.5. The summed E-state index contributed by atoms with van der Waals surface area (Å²) in [4.78, 5) is 9.55. The van der Waals surface area contributed by atoms with Crippen molar-refractivity contribution in [1.82, 2.24) is 4.98 Å². The lowest BCUT2D eigenvalue weighted by molar-refractivity contribution is 0.590. The molecule has 0 bridgehead atoms. The Kier molecular flexibility index (Phi) is 8.15. The molecule has 0 N–H and O–H groups in total. The Morgan fingerprint density at radius 1 is 0.365 bits per heavy atom. The molecule has 0 spiro atoms. The molecule has 12 rings (SSSR count). The molecule has 0 radical (unpaired) electrons. The highest BCUT2D eigenvalue weighted by atomic mass is 15.2. The summed E-state index contributed by atoms with van der Waals surface area (Å²) >= 11 is 0. The van der Waals surface area contributed by atoms with Crippen molar-refractivity contribution >= 4 is 100 Å². The number of anilines is 6. The second-order valence-electron chi connectivity index (χ2n) is 19.8. The predicted molar refractivity (Wildman–Crippen MR) is 271 cm³/mol. The van der Waals surface area contributed by atoms with Crippen molar-refractivity contribution in [2.75, 3.05) is 9.80 Å². The van der Waals surface area contributed by atoms with Gasteiger partial charge in [-0.3, -0.25) is 4.98 Å². The second kappa shape index (κ2) is 13.7.